The molecule has 1 unspecified atom stereocenters. The van der Waals surface area contributed by atoms with Gasteiger partial charge in [-0.15, -0.1) is 23.5 Å². The smallest absolute Gasteiger partial charge is 0.155 e. The molecule has 19 heavy (non-hydrogen) atoms. The minimum atomic E-state index is -1.12. The highest BCUT2D eigenvalue weighted by Crippen LogP contribution is 2.30. The summed E-state index contributed by atoms with van der Waals surface area (Å²) >= 11 is 3.18. The van der Waals surface area contributed by atoms with Gasteiger partial charge in [-0.25, -0.2) is 0 Å². The molecule has 0 radical (unpaired) electrons. The highest BCUT2D eigenvalue weighted by atomic mass is 32.2. The molecule has 0 aromatic rings. The third kappa shape index (κ3) is 5.08. The third-order valence-electron chi connectivity index (χ3n) is 2.86. The van der Waals surface area contributed by atoms with Crippen LogP contribution in [0.1, 0.15) is 20.8 Å². The second-order valence-corrected chi connectivity index (χ2v) is 7.46. The van der Waals surface area contributed by atoms with Gasteiger partial charge in [0, 0.05) is 0 Å². The molecule has 1 saturated heterocycles. The lowest BCUT2D eigenvalue weighted by Crippen LogP contribution is -2.54. The predicted molar refractivity (Wildman–Crippen MR) is 78.4 cm³/mol. The molecule has 0 aromatic heterocycles. The third-order valence-corrected chi connectivity index (χ3v) is 5.55. The number of ether oxygens (including phenoxy) is 2. The van der Waals surface area contributed by atoms with E-state index in [1.54, 1.807) is 30.4 Å². The molecule has 7 heteroatoms. The largest absolute Gasteiger partial charge is 0.388 e. The molecule has 1 heterocycles. The molecule has 0 aromatic carbocycles. The van der Waals surface area contributed by atoms with Crippen LogP contribution in [0.5, 0.6) is 0 Å². The van der Waals surface area contributed by atoms with Crippen molar-refractivity contribution in [2.75, 3.05) is 18.1 Å². The van der Waals surface area contributed by atoms with Crippen molar-refractivity contribution in [1.29, 1.82) is 0 Å². The van der Waals surface area contributed by atoms with E-state index in [1.165, 1.54) is 0 Å². The Bertz CT molecular complexity index is 250. The summed E-state index contributed by atoms with van der Waals surface area (Å²) < 4.78 is 10.4. The summed E-state index contributed by atoms with van der Waals surface area (Å²) in [5.41, 5.74) is 0. The van der Waals surface area contributed by atoms with Gasteiger partial charge in [0.1, 0.15) is 24.4 Å². The molecule has 5 atom stereocenters. The standard InChI is InChI=1S/C12H24O5S2/c1-4-18-12(19-5-2)10(15)9(14)11-8(13)6-16-7(3)17-11/h7-15H,4-6H2,1-3H3/t7?,8-,9-,10+,11-/m0/s1. The van der Waals surface area contributed by atoms with E-state index in [-0.39, 0.29) is 11.2 Å². The molecule has 1 aliphatic rings. The first-order valence-corrected chi connectivity index (χ1v) is 8.65. The minimum Gasteiger partial charge on any atom is -0.388 e. The number of thioether (sulfide) groups is 2. The second kappa shape index (κ2) is 8.71. The van der Waals surface area contributed by atoms with Gasteiger partial charge >= 0.3 is 0 Å². The molecular weight excluding hydrogens is 288 g/mol. The molecular formula is C12H24O5S2. The van der Waals surface area contributed by atoms with Crippen LogP contribution in [0.4, 0.5) is 0 Å². The van der Waals surface area contributed by atoms with E-state index in [0.29, 0.717) is 0 Å². The Kier molecular flexibility index (Phi) is 8.05. The molecule has 0 aliphatic carbocycles. The Morgan fingerprint density at radius 2 is 1.79 bits per heavy atom. The molecule has 114 valence electrons. The van der Waals surface area contributed by atoms with E-state index in [2.05, 4.69) is 0 Å². The Morgan fingerprint density at radius 1 is 1.21 bits per heavy atom. The van der Waals surface area contributed by atoms with Gasteiger partial charge in [0.2, 0.25) is 0 Å². The highest BCUT2D eigenvalue weighted by Gasteiger charge is 2.40. The van der Waals surface area contributed by atoms with Gasteiger partial charge in [0.15, 0.2) is 6.29 Å². The topological polar surface area (TPSA) is 79.2 Å². The minimum absolute atomic E-state index is 0.113. The van der Waals surface area contributed by atoms with Crippen molar-refractivity contribution in [1.82, 2.24) is 0 Å². The summed E-state index contributed by atoms with van der Waals surface area (Å²) in [7, 11) is 0. The normalized spacial score (nSPS) is 31.4. The van der Waals surface area contributed by atoms with E-state index in [4.69, 9.17) is 9.47 Å². The Hall–Kier alpha value is 0.500. The first kappa shape index (κ1) is 17.6. The summed E-state index contributed by atoms with van der Waals surface area (Å²) in [5, 5.41) is 30.3. The van der Waals surface area contributed by atoms with Crippen molar-refractivity contribution in [3.63, 3.8) is 0 Å². The lowest BCUT2D eigenvalue weighted by Gasteiger charge is -2.38. The van der Waals surface area contributed by atoms with E-state index < -0.39 is 30.7 Å². The van der Waals surface area contributed by atoms with E-state index >= 15 is 0 Å². The molecule has 0 spiro atoms. The maximum Gasteiger partial charge on any atom is 0.155 e. The monoisotopic (exact) mass is 312 g/mol. The highest BCUT2D eigenvalue weighted by molar-refractivity contribution is 8.17. The van der Waals surface area contributed by atoms with E-state index in [1.807, 2.05) is 13.8 Å². The molecule has 5 nitrogen and oxygen atoms in total. The molecule has 3 N–H and O–H groups in total. The van der Waals surface area contributed by atoms with Crippen LogP contribution in [0, 0.1) is 0 Å². The van der Waals surface area contributed by atoms with Crippen LogP contribution in [0.2, 0.25) is 0 Å². The number of aliphatic hydroxyl groups is 3. The molecule has 1 aliphatic heterocycles. The zero-order chi connectivity index (χ0) is 14.4. The number of aliphatic hydroxyl groups excluding tert-OH is 3. The summed E-state index contributed by atoms with van der Waals surface area (Å²) in [4.78, 5) is 0. The molecule has 0 saturated carbocycles. The lowest BCUT2D eigenvalue weighted by molar-refractivity contribution is -0.271. The van der Waals surface area contributed by atoms with Gasteiger partial charge in [-0.05, 0) is 18.4 Å². The van der Waals surface area contributed by atoms with E-state index in [0.717, 1.165) is 11.5 Å². The van der Waals surface area contributed by atoms with Gasteiger partial charge in [0.05, 0.1) is 11.2 Å². The Balaban J connectivity index is 2.64. The van der Waals surface area contributed by atoms with Crippen LogP contribution in [0.3, 0.4) is 0 Å². The maximum absolute atomic E-state index is 10.3. The molecule has 0 bridgehead atoms. The van der Waals surface area contributed by atoms with Gasteiger partial charge in [-0.2, -0.15) is 0 Å². The number of hydrogen-bond donors (Lipinski definition) is 3. The lowest BCUT2D eigenvalue weighted by atomic mass is 10.0. The van der Waals surface area contributed by atoms with Crippen molar-refractivity contribution < 1.29 is 24.8 Å². The summed E-state index contributed by atoms with van der Waals surface area (Å²) in [6.07, 6.45) is -4.27. The van der Waals surface area contributed by atoms with Crippen LogP contribution in [0.15, 0.2) is 0 Å². The van der Waals surface area contributed by atoms with Crippen molar-refractivity contribution in [3.8, 4) is 0 Å². The quantitative estimate of drug-likeness (QED) is 0.596. The molecule has 1 fully saturated rings. The Labute approximate surface area is 123 Å². The van der Waals surface area contributed by atoms with Crippen LogP contribution < -0.4 is 0 Å². The van der Waals surface area contributed by atoms with E-state index in [9.17, 15) is 15.3 Å². The average Bonchev–Trinajstić information content (AvgIpc) is 2.39. The number of rotatable bonds is 7. The van der Waals surface area contributed by atoms with Crippen molar-refractivity contribution >= 4 is 23.5 Å². The maximum atomic E-state index is 10.3. The summed E-state index contributed by atoms with van der Waals surface area (Å²) in [6, 6.07) is 0. The summed E-state index contributed by atoms with van der Waals surface area (Å²) in [5.74, 6) is 1.71. The Morgan fingerprint density at radius 3 is 2.32 bits per heavy atom. The number of hydrogen-bond acceptors (Lipinski definition) is 7. The van der Waals surface area contributed by atoms with Crippen molar-refractivity contribution in [2.24, 2.45) is 0 Å². The fourth-order valence-corrected chi connectivity index (χ4v) is 4.49. The molecule has 1 rings (SSSR count). The van der Waals surface area contributed by atoms with Crippen LogP contribution in [-0.2, 0) is 9.47 Å². The molecule has 0 amide bonds. The summed E-state index contributed by atoms with van der Waals surface area (Å²) in [6.45, 7) is 5.84. The van der Waals surface area contributed by atoms with Gasteiger partial charge in [-0.3, -0.25) is 0 Å². The van der Waals surface area contributed by atoms with Crippen LogP contribution >= 0.6 is 23.5 Å². The van der Waals surface area contributed by atoms with Gasteiger partial charge in [0.25, 0.3) is 0 Å². The van der Waals surface area contributed by atoms with Crippen LogP contribution in [-0.4, -0.2) is 68.7 Å². The zero-order valence-electron chi connectivity index (χ0n) is 11.6. The SMILES string of the molecule is CCSC(SCC)[C@H](O)[C@H](O)[C@H]1OC(C)OC[C@@H]1O. The second-order valence-electron chi connectivity index (χ2n) is 4.33. The first-order valence-electron chi connectivity index (χ1n) is 6.55. The first-order chi connectivity index (χ1) is 9.01. The fraction of sp³-hybridized carbons (Fsp3) is 1.00. The van der Waals surface area contributed by atoms with Gasteiger partial charge < -0.3 is 24.8 Å². The predicted octanol–water partition coefficient (Wildman–Crippen LogP) is 0.663. The zero-order valence-corrected chi connectivity index (χ0v) is 13.2. The van der Waals surface area contributed by atoms with Gasteiger partial charge in [-0.1, -0.05) is 13.8 Å². The van der Waals surface area contributed by atoms with Crippen molar-refractivity contribution in [3.05, 3.63) is 0 Å². The fourth-order valence-electron chi connectivity index (χ4n) is 1.92. The van der Waals surface area contributed by atoms with Crippen LogP contribution in [0.25, 0.3) is 0 Å². The van der Waals surface area contributed by atoms with Crippen molar-refractivity contribution in [2.45, 2.75) is 56.1 Å². The average molecular weight is 312 g/mol.